The van der Waals surface area contributed by atoms with Crippen LogP contribution in [0.4, 0.5) is 4.39 Å². The summed E-state index contributed by atoms with van der Waals surface area (Å²) in [6.07, 6.45) is 0.842. The fraction of sp³-hybridized carbons (Fsp3) is 0.909. The van der Waals surface area contributed by atoms with Gasteiger partial charge in [-0.05, 0) is 46.7 Å². The zero-order valence-corrected chi connectivity index (χ0v) is 9.73. The Balaban J connectivity index is 2.38. The van der Waals surface area contributed by atoms with Crippen molar-refractivity contribution in [2.24, 2.45) is 5.41 Å². The van der Waals surface area contributed by atoms with Gasteiger partial charge in [-0.2, -0.15) is 0 Å². The molecule has 0 unspecified atom stereocenters. The Kier molecular flexibility index (Phi) is 3.71. The number of rotatable bonds is 2. The van der Waals surface area contributed by atoms with Crippen molar-refractivity contribution in [1.29, 1.82) is 0 Å². The summed E-state index contributed by atoms with van der Waals surface area (Å²) < 4.78 is 19.0. The third-order valence-electron chi connectivity index (χ3n) is 2.57. The van der Waals surface area contributed by atoms with E-state index in [1.807, 2.05) is 0 Å². The zero-order valence-electron chi connectivity index (χ0n) is 9.73. The SMILES string of the molecule is CC(C)(C)C(=O)OCC1(F)CCNCC1. The average Bonchev–Trinajstić information content (AvgIpc) is 2.14. The van der Waals surface area contributed by atoms with Gasteiger partial charge in [0, 0.05) is 0 Å². The first-order valence-electron chi connectivity index (χ1n) is 5.40. The number of piperidine rings is 1. The van der Waals surface area contributed by atoms with Crippen LogP contribution in [0.15, 0.2) is 0 Å². The number of ether oxygens (including phenoxy) is 1. The largest absolute Gasteiger partial charge is 0.462 e. The van der Waals surface area contributed by atoms with Crippen molar-refractivity contribution in [3.05, 3.63) is 0 Å². The predicted octanol–water partition coefficient (Wildman–Crippen LogP) is 1.67. The minimum atomic E-state index is -1.33. The quantitative estimate of drug-likeness (QED) is 0.715. The molecule has 0 spiro atoms. The minimum Gasteiger partial charge on any atom is -0.462 e. The lowest BCUT2D eigenvalue weighted by Gasteiger charge is -2.30. The Morgan fingerprint density at radius 1 is 1.40 bits per heavy atom. The maximum Gasteiger partial charge on any atom is 0.311 e. The molecule has 0 bridgehead atoms. The van der Waals surface area contributed by atoms with E-state index in [1.54, 1.807) is 20.8 Å². The number of carbonyl (C=O) groups is 1. The summed E-state index contributed by atoms with van der Waals surface area (Å²) in [7, 11) is 0. The van der Waals surface area contributed by atoms with Crippen molar-refractivity contribution in [3.63, 3.8) is 0 Å². The van der Waals surface area contributed by atoms with Crippen molar-refractivity contribution in [3.8, 4) is 0 Å². The first-order chi connectivity index (χ1) is 6.83. The molecule has 1 aliphatic heterocycles. The third-order valence-corrected chi connectivity index (χ3v) is 2.57. The second-order valence-corrected chi connectivity index (χ2v) is 5.23. The van der Waals surface area contributed by atoms with Crippen LogP contribution < -0.4 is 5.32 Å². The molecule has 0 aromatic rings. The van der Waals surface area contributed by atoms with Gasteiger partial charge in [0.25, 0.3) is 0 Å². The maximum absolute atomic E-state index is 14.0. The molecule has 1 rings (SSSR count). The smallest absolute Gasteiger partial charge is 0.311 e. The fourth-order valence-corrected chi connectivity index (χ4v) is 1.43. The van der Waals surface area contributed by atoms with Gasteiger partial charge in [-0.25, -0.2) is 4.39 Å². The molecule has 0 amide bonds. The van der Waals surface area contributed by atoms with E-state index < -0.39 is 11.1 Å². The number of carbonyl (C=O) groups excluding carboxylic acids is 1. The first-order valence-corrected chi connectivity index (χ1v) is 5.40. The summed E-state index contributed by atoms with van der Waals surface area (Å²) in [5, 5.41) is 3.08. The van der Waals surface area contributed by atoms with Crippen molar-refractivity contribution < 1.29 is 13.9 Å². The van der Waals surface area contributed by atoms with Gasteiger partial charge < -0.3 is 10.1 Å². The molecule has 1 heterocycles. The summed E-state index contributed by atoms with van der Waals surface area (Å²) >= 11 is 0. The van der Waals surface area contributed by atoms with E-state index in [2.05, 4.69) is 5.32 Å². The molecule has 1 N–H and O–H groups in total. The molecule has 1 fully saturated rings. The van der Waals surface area contributed by atoms with Crippen molar-refractivity contribution >= 4 is 5.97 Å². The molecular formula is C11H20FNO2. The van der Waals surface area contributed by atoms with E-state index in [0.717, 1.165) is 0 Å². The highest BCUT2D eigenvalue weighted by molar-refractivity contribution is 5.75. The van der Waals surface area contributed by atoms with E-state index in [0.29, 0.717) is 25.9 Å². The van der Waals surface area contributed by atoms with Crippen molar-refractivity contribution in [1.82, 2.24) is 5.32 Å². The molecule has 4 heteroatoms. The summed E-state index contributed by atoms with van der Waals surface area (Å²) in [6.45, 7) is 6.51. The molecule has 3 nitrogen and oxygen atoms in total. The Morgan fingerprint density at radius 2 is 1.93 bits per heavy atom. The van der Waals surface area contributed by atoms with Gasteiger partial charge in [0.15, 0.2) is 0 Å². The van der Waals surface area contributed by atoms with E-state index >= 15 is 0 Å². The van der Waals surface area contributed by atoms with E-state index in [1.165, 1.54) is 0 Å². The van der Waals surface area contributed by atoms with Gasteiger partial charge in [0.1, 0.15) is 12.3 Å². The highest BCUT2D eigenvalue weighted by atomic mass is 19.1. The number of nitrogens with one attached hydrogen (secondary N) is 1. The molecule has 0 radical (unpaired) electrons. The Labute approximate surface area is 90.4 Å². The van der Waals surface area contributed by atoms with Crippen molar-refractivity contribution in [2.45, 2.75) is 39.3 Å². The molecular weight excluding hydrogens is 197 g/mol. The van der Waals surface area contributed by atoms with Gasteiger partial charge in [-0.1, -0.05) is 0 Å². The molecule has 0 aromatic heterocycles. The molecule has 0 saturated carbocycles. The van der Waals surface area contributed by atoms with Crippen LogP contribution in [0, 0.1) is 5.41 Å². The number of halogens is 1. The molecule has 1 saturated heterocycles. The Morgan fingerprint density at radius 3 is 2.40 bits per heavy atom. The fourth-order valence-electron chi connectivity index (χ4n) is 1.43. The Bertz CT molecular complexity index is 229. The molecule has 0 aromatic carbocycles. The van der Waals surface area contributed by atoms with Crippen LogP contribution in [0.1, 0.15) is 33.6 Å². The monoisotopic (exact) mass is 217 g/mol. The highest BCUT2D eigenvalue weighted by Gasteiger charge is 2.34. The normalized spacial score (nSPS) is 21.1. The molecule has 1 aliphatic rings. The lowest BCUT2D eigenvalue weighted by atomic mass is 9.94. The predicted molar refractivity (Wildman–Crippen MR) is 56.4 cm³/mol. The lowest BCUT2D eigenvalue weighted by Crippen LogP contribution is -2.43. The standard InChI is InChI=1S/C11H20FNO2/c1-10(2,3)9(14)15-8-11(12)4-6-13-7-5-11/h13H,4-8H2,1-3H3. The minimum absolute atomic E-state index is 0.106. The van der Waals surface area contributed by atoms with Crippen LogP contribution in [0.3, 0.4) is 0 Å². The Hall–Kier alpha value is -0.640. The van der Waals surface area contributed by atoms with Gasteiger partial charge in [-0.15, -0.1) is 0 Å². The molecule has 0 aliphatic carbocycles. The summed E-state index contributed by atoms with van der Waals surface area (Å²) in [6, 6.07) is 0. The molecule has 0 atom stereocenters. The van der Waals surface area contributed by atoms with Gasteiger partial charge >= 0.3 is 5.97 Å². The van der Waals surface area contributed by atoms with Crippen LogP contribution in [-0.2, 0) is 9.53 Å². The average molecular weight is 217 g/mol. The number of hydrogen-bond donors (Lipinski definition) is 1. The van der Waals surface area contributed by atoms with Gasteiger partial charge in [0.2, 0.25) is 0 Å². The first kappa shape index (κ1) is 12.4. The zero-order chi connectivity index (χ0) is 11.5. The van der Waals surface area contributed by atoms with Crippen LogP contribution in [-0.4, -0.2) is 31.3 Å². The van der Waals surface area contributed by atoms with Crippen molar-refractivity contribution in [2.75, 3.05) is 19.7 Å². The van der Waals surface area contributed by atoms with Crippen LogP contribution in [0.5, 0.6) is 0 Å². The summed E-state index contributed by atoms with van der Waals surface area (Å²) in [5.41, 5.74) is -1.88. The number of hydrogen-bond acceptors (Lipinski definition) is 3. The van der Waals surface area contributed by atoms with Gasteiger partial charge in [-0.3, -0.25) is 4.79 Å². The van der Waals surface area contributed by atoms with E-state index in [-0.39, 0.29) is 12.6 Å². The number of alkyl halides is 1. The lowest BCUT2D eigenvalue weighted by molar-refractivity contribution is -0.158. The molecule has 15 heavy (non-hydrogen) atoms. The van der Waals surface area contributed by atoms with Crippen LogP contribution in [0.2, 0.25) is 0 Å². The summed E-state index contributed by atoms with van der Waals surface area (Å²) in [4.78, 5) is 11.4. The second-order valence-electron chi connectivity index (χ2n) is 5.23. The van der Waals surface area contributed by atoms with Crippen LogP contribution in [0.25, 0.3) is 0 Å². The van der Waals surface area contributed by atoms with Gasteiger partial charge in [0.05, 0.1) is 5.41 Å². The number of esters is 1. The second kappa shape index (κ2) is 4.47. The summed E-state index contributed by atoms with van der Waals surface area (Å²) in [5.74, 6) is -0.335. The highest BCUT2D eigenvalue weighted by Crippen LogP contribution is 2.25. The van der Waals surface area contributed by atoms with E-state index in [9.17, 15) is 9.18 Å². The van der Waals surface area contributed by atoms with E-state index in [4.69, 9.17) is 4.74 Å². The van der Waals surface area contributed by atoms with Crippen LogP contribution >= 0.6 is 0 Å². The maximum atomic E-state index is 14.0. The topological polar surface area (TPSA) is 38.3 Å². The molecule has 88 valence electrons. The third kappa shape index (κ3) is 3.78.